The molecule has 4 heteroatoms. The zero-order valence-electron chi connectivity index (χ0n) is 13.7. The minimum Gasteiger partial charge on any atom is -0.478 e. The highest BCUT2D eigenvalue weighted by molar-refractivity contribution is 9.10. The highest BCUT2D eigenvalue weighted by Crippen LogP contribution is 2.28. The van der Waals surface area contributed by atoms with Gasteiger partial charge in [0.05, 0.1) is 17.0 Å². The maximum absolute atomic E-state index is 11.6. The molecular weight excluding hydrogens is 390 g/mol. The topological polar surface area (TPSA) is 50.2 Å². The van der Waals surface area contributed by atoms with Crippen LogP contribution >= 0.6 is 15.9 Å². The number of pyridine rings is 1. The van der Waals surface area contributed by atoms with Crippen molar-refractivity contribution in [2.75, 3.05) is 0 Å². The fourth-order valence-electron chi connectivity index (χ4n) is 2.92. The number of aromatic nitrogens is 1. The van der Waals surface area contributed by atoms with Crippen molar-refractivity contribution in [3.05, 3.63) is 88.9 Å². The van der Waals surface area contributed by atoms with E-state index in [0.717, 1.165) is 26.4 Å². The van der Waals surface area contributed by atoms with Crippen molar-refractivity contribution in [1.29, 1.82) is 0 Å². The lowest BCUT2D eigenvalue weighted by atomic mass is 10.0. The van der Waals surface area contributed by atoms with E-state index in [2.05, 4.69) is 15.9 Å². The van der Waals surface area contributed by atoms with Crippen LogP contribution in [0.4, 0.5) is 0 Å². The van der Waals surface area contributed by atoms with Gasteiger partial charge in [0.2, 0.25) is 0 Å². The molecule has 0 unspecified atom stereocenters. The number of carboxylic acids is 1. The van der Waals surface area contributed by atoms with E-state index in [-0.39, 0.29) is 5.56 Å². The van der Waals surface area contributed by atoms with Gasteiger partial charge >= 0.3 is 5.97 Å². The second kappa shape index (κ2) is 6.73. The first-order chi connectivity index (χ1) is 12.6. The maximum Gasteiger partial charge on any atom is 0.335 e. The molecule has 1 heterocycles. The molecule has 0 atom stereocenters. The molecule has 126 valence electrons. The van der Waals surface area contributed by atoms with Crippen LogP contribution in [-0.2, 0) is 0 Å². The summed E-state index contributed by atoms with van der Waals surface area (Å²) in [7, 11) is 0. The van der Waals surface area contributed by atoms with Crippen molar-refractivity contribution in [1.82, 2.24) is 4.98 Å². The van der Waals surface area contributed by atoms with Gasteiger partial charge in [0, 0.05) is 15.6 Å². The molecule has 1 aromatic heterocycles. The lowest BCUT2D eigenvalue weighted by molar-refractivity contribution is 0.0697. The number of hydrogen-bond donors (Lipinski definition) is 1. The predicted octanol–water partition coefficient (Wildman–Crippen LogP) is 6.03. The SMILES string of the molecule is O=C(O)c1cc(-c2ccc(Br)cc2)nc(-c2ccc3ccccc3c2)c1. The Morgan fingerprint density at radius 2 is 1.38 bits per heavy atom. The van der Waals surface area contributed by atoms with Gasteiger partial charge in [-0.2, -0.15) is 0 Å². The minimum atomic E-state index is -0.965. The summed E-state index contributed by atoms with van der Waals surface area (Å²) in [6.45, 7) is 0. The first kappa shape index (κ1) is 16.5. The van der Waals surface area contributed by atoms with Gasteiger partial charge in [-0.25, -0.2) is 9.78 Å². The molecule has 3 aromatic carbocycles. The van der Waals surface area contributed by atoms with Crippen LogP contribution in [0.15, 0.2) is 83.3 Å². The van der Waals surface area contributed by atoms with Crippen LogP contribution in [0.5, 0.6) is 0 Å². The number of carbonyl (C=O) groups is 1. The van der Waals surface area contributed by atoms with Crippen molar-refractivity contribution in [3.63, 3.8) is 0 Å². The molecule has 1 N–H and O–H groups in total. The summed E-state index contributed by atoms with van der Waals surface area (Å²) in [6, 6.07) is 25.0. The summed E-state index contributed by atoms with van der Waals surface area (Å²) in [5.41, 5.74) is 3.28. The molecule has 0 saturated carbocycles. The molecule has 0 bridgehead atoms. The van der Waals surface area contributed by atoms with Crippen LogP contribution in [0.25, 0.3) is 33.3 Å². The summed E-state index contributed by atoms with van der Waals surface area (Å²) in [5, 5.41) is 11.7. The van der Waals surface area contributed by atoms with Crippen molar-refractivity contribution in [2.45, 2.75) is 0 Å². The van der Waals surface area contributed by atoms with E-state index in [9.17, 15) is 9.90 Å². The monoisotopic (exact) mass is 403 g/mol. The number of benzene rings is 3. The van der Waals surface area contributed by atoms with Crippen molar-refractivity contribution >= 4 is 32.7 Å². The Balaban J connectivity index is 1.89. The van der Waals surface area contributed by atoms with E-state index >= 15 is 0 Å². The Kier molecular flexibility index (Phi) is 4.27. The number of nitrogens with zero attached hydrogens (tertiary/aromatic N) is 1. The number of fused-ring (bicyclic) bond motifs is 1. The lowest BCUT2D eigenvalue weighted by Crippen LogP contribution is -2.00. The van der Waals surface area contributed by atoms with E-state index in [1.54, 1.807) is 12.1 Å². The molecule has 26 heavy (non-hydrogen) atoms. The molecule has 0 aliphatic rings. The van der Waals surface area contributed by atoms with Crippen LogP contribution in [0.1, 0.15) is 10.4 Å². The molecule has 4 aromatic rings. The Labute approximate surface area is 159 Å². The van der Waals surface area contributed by atoms with Crippen LogP contribution in [0, 0.1) is 0 Å². The van der Waals surface area contributed by atoms with Gasteiger partial charge in [-0.1, -0.05) is 64.5 Å². The summed E-state index contributed by atoms with van der Waals surface area (Å²) in [4.78, 5) is 16.3. The molecule has 0 radical (unpaired) electrons. The lowest BCUT2D eigenvalue weighted by Gasteiger charge is -2.09. The third-order valence-electron chi connectivity index (χ3n) is 4.26. The highest BCUT2D eigenvalue weighted by Gasteiger charge is 2.12. The van der Waals surface area contributed by atoms with Crippen molar-refractivity contribution in [3.8, 4) is 22.5 Å². The van der Waals surface area contributed by atoms with E-state index in [1.165, 1.54) is 0 Å². The largest absolute Gasteiger partial charge is 0.478 e. The van der Waals surface area contributed by atoms with Gasteiger partial charge in [0.15, 0.2) is 0 Å². The second-order valence-electron chi connectivity index (χ2n) is 6.00. The average Bonchev–Trinajstić information content (AvgIpc) is 2.67. The quantitative estimate of drug-likeness (QED) is 0.454. The molecule has 0 amide bonds. The Hall–Kier alpha value is -2.98. The van der Waals surface area contributed by atoms with E-state index in [4.69, 9.17) is 4.98 Å². The molecule has 0 aliphatic heterocycles. The zero-order valence-corrected chi connectivity index (χ0v) is 15.3. The van der Waals surface area contributed by atoms with Crippen molar-refractivity contribution < 1.29 is 9.90 Å². The first-order valence-electron chi connectivity index (χ1n) is 8.11. The van der Waals surface area contributed by atoms with Gasteiger partial charge in [0.25, 0.3) is 0 Å². The van der Waals surface area contributed by atoms with Gasteiger partial charge in [0.1, 0.15) is 0 Å². The highest BCUT2D eigenvalue weighted by atomic mass is 79.9. The van der Waals surface area contributed by atoms with E-state index in [0.29, 0.717) is 11.4 Å². The third-order valence-corrected chi connectivity index (χ3v) is 4.79. The number of aromatic carboxylic acids is 1. The average molecular weight is 404 g/mol. The molecular formula is C22H14BrNO2. The number of hydrogen-bond acceptors (Lipinski definition) is 2. The summed E-state index contributed by atoms with van der Waals surface area (Å²) >= 11 is 3.42. The smallest absolute Gasteiger partial charge is 0.335 e. The summed E-state index contributed by atoms with van der Waals surface area (Å²) in [5.74, 6) is -0.965. The number of rotatable bonds is 3. The minimum absolute atomic E-state index is 0.223. The maximum atomic E-state index is 11.6. The third kappa shape index (κ3) is 3.24. The van der Waals surface area contributed by atoms with E-state index < -0.39 is 5.97 Å². The van der Waals surface area contributed by atoms with Crippen molar-refractivity contribution in [2.24, 2.45) is 0 Å². The number of halogens is 1. The first-order valence-corrected chi connectivity index (χ1v) is 8.90. The van der Waals surface area contributed by atoms with Gasteiger partial charge in [-0.3, -0.25) is 0 Å². The zero-order chi connectivity index (χ0) is 18.1. The summed E-state index contributed by atoms with van der Waals surface area (Å²) < 4.78 is 0.963. The fraction of sp³-hybridized carbons (Fsp3) is 0. The van der Waals surface area contributed by atoms with E-state index in [1.807, 2.05) is 66.7 Å². The second-order valence-corrected chi connectivity index (χ2v) is 6.92. The summed E-state index contributed by atoms with van der Waals surface area (Å²) in [6.07, 6.45) is 0. The number of carboxylic acid groups (broad SMARTS) is 1. The van der Waals surface area contributed by atoms with Crippen LogP contribution in [0.2, 0.25) is 0 Å². The molecule has 0 fully saturated rings. The Bertz CT molecular complexity index is 1120. The fourth-order valence-corrected chi connectivity index (χ4v) is 3.18. The van der Waals surface area contributed by atoms with Crippen LogP contribution < -0.4 is 0 Å². The molecule has 3 nitrogen and oxygen atoms in total. The van der Waals surface area contributed by atoms with Crippen LogP contribution in [0.3, 0.4) is 0 Å². The standard InChI is InChI=1S/C22H14BrNO2/c23-19-9-7-15(8-10-19)20-12-18(22(25)26)13-21(24-20)17-6-5-14-3-1-2-4-16(14)11-17/h1-13H,(H,25,26). The van der Waals surface area contributed by atoms with Gasteiger partial charge < -0.3 is 5.11 Å². The normalized spacial score (nSPS) is 10.8. The Morgan fingerprint density at radius 3 is 2.08 bits per heavy atom. The van der Waals surface area contributed by atoms with Gasteiger partial charge in [-0.15, -0.1) is 0 Å². The molecule has 4 rings (SSSR count). The van der Waals surface area contributed by atoms with Gasteiger partial charge in [-0.05, 0) is 41.1 Å². The van der Waals surface area contributed by atoms with Crippen LogP contribution in [-0.4, -0.2) is 16.1 Å². The molecule has 0 saturated heterocycles. The molecule has 0 spiro atoms. The predicted molar refractivity (Wildman–Crippen MR) is 107 cm³/mol. The molecule has 0 aliphatic carbocycles. The Morgan fingerprint density at radius 1 is 0.769 bits per heavy atom.